The van der Waals surface area contributed by atoms with Gasteiger partial charge >= 0.3 is 5.97 Å². The summed E-state index contributed by atoms with van der Waals surface area (Å²) < 4.78 is 0. The number of carboxylic acid groups (broad SMARTS) is 1. The summed E-state index contributed by atoms with van der Waals surface area (Å²) in [7, 11) is 0. The van der Waals surface area contributed by atoms with Crippen molar-refractivity contribution in [3.05, 3.63) is 0 Å². The molecule has 0 radical (unpaired) electrons. The number of carbonyl (C=O) groups excluding carboxylic acids is 1. The number of hydrogen-bond acceptors (Lipinski definition) is 2. The molecule has 2 rings (SSSR count). The van der Waals surface area contributed by atoms with E-state index in [1.54, 1.807) is 0 Å². The molecule has 2 saturated carbocycles. The summed E-state index contributed by atoms with van der Waals surface area (Å²) >= 11 is 0. The zero-order valence-corrected chi connectivity index (χ0v) is 11.0. The third-order valence-corrected chi connectivity index (χ3v) is 4.45. The Balaban J connectivity index is 1.89. The SMILES string of the molecule is CC1CCCC(NC(=O)[C@@H]2CCC[C@@H]2C(=O)O)C1. The van der Waals surface area contributed by atoms with Gasteiger partial charge < -0.3 is 10.4 Å². The molecule has 4 atom stereocenters. The van der Waals surface area contributed by atoms with Gasteiger partial charge in [0.25, 0.3) is 0 Å². The van der Waals surface area contributed by atoms with E-state index in [-0.39, 0.29) is 17.9 Å². The van der Waals surface area contributed by atoms with Crippen LogP contribution in [-0.4, -0.2) is 23.0 Å². The number of rotatable bonds is 3. The van der Waals surface area contributed by atoms with Crippen LogP contribution in [0.15, 0.2) is 0 Å². The zero-order valence-electron chi connectivity index (χ0n) is 11.0. The van der Waals surface area contributed by atoms with E-state index < -0.39 is 11.9 Å². The highest BCUT2D eigenvalue weighted by Crippen LogP contribution is 2.32. The summed E-state index contributed by atoms with van der Waals surface area (Å²) in [5.41, 5.74) is 0. The van der Waals surface area contributed by atoms with Crippen molar-refractivity contribution in [1.82, 2.24) is 5.32 Å². The number of hydrogen-bond donors (Lipinski definition) is 2. The topological polar surface area (TPSA) is 66.4 Å². The molecule has 4 heteroatoms. The monoisotopic (exact) mass is 253 g/mol. The Hall–Kier alpha value is -1.06. The van der Waals surface area contributed by atoms with Crippen molar-refractivity contribution in [3.8, 4) is 0 Å². The number of aliphatic carboxylic acids is 1. The van der Waals surface area contributed by atoms with Gasteiger partial charge in [0.05, 0.1) is 11.8 Å². The highest BCUT2D eigenvalue weighted by atomic mass is 16.4. The van der Waals surface area contributed by atoms with Gasteiger partial charge in [-0.2, -0.15) is 0 Å². The molecule has 2 fully saturated rings. The van der Waals surface area contributed by atoms with Crippen LogP contribution in [0.1, 0.15) is 51.9 Å². The summed E-state index contributed by atoms with van der Waals surface area (Å²) in [6.45, 7) is 2.22. The van der Waals surface area contributed by atoms with Gasteiger partial charge in [-0.05, 0) is 31.6 Å². The van der Waals surface area contributed by atoms with Crippen molar-refractivity contribution >= 4 is 11.9 Å². The van der Waals surface area contributed by atoms with Crippen LogP contribution in [0.3, 0.4) is 0 Å². The lowest BCUT2D eigenvalue weighted by Crippen LogP contribution is -2.43. The van der Waals surface area contributed by atoms with E-state index >= 15 is 0 Å². The molecule has 4 nitrogen and oxygen atoms in total. The quantitative estimate of drug-likeness (QED) is 0.810. The number of carbonyl (C=O) groups is 2. The number of nitrogens with one attached hydrogen (secondary N) is 1. The summed E-state index contributed by atoms with van der Waals surface area (Å²) in [5.74, 6) is -0.947. The van der Waals surface area contributed by atoms with Crippen molar-refractivity contribution in [3.63, 3.8) is 0 Å². The Morgan fingerprint density at radius 1 is 1.06 bits per heavy atom. The second-order valence-electron chi connectivity index (χ2n) is 5.96. The van der Waals surface area contributed by atoms with Gasteiger partial charge in [0, 0.05) is 6.04 Å². The van der Waals surface area contributed by atoms with E-state index in [1.165, 1.54) is 12.8 Å². The molecule has 0 aromatic rings. The van der Waals surface area contributed by atoms with Crippen LogP contribution in [0.5, 0.6) is 0 Å². The third-order valence-electron chi connectivity index (χ3n) is 4.45. The van der Waals surface area contributed by atoms with Crippen LogP contribution in [0, 0.1) is 17.8 Å². The lowest BCUT2D eigenvalue weighted by molar-refractivity contribution is -0.146. The molecule has 2 aliphatic carbocycles. The number of carboxylic acids is 1. The first-order valence-corrected chi connectivity index (χ1v) is 7.11. The lowest BCUT2D eigenvalue weighted by atomic mass is 9.86. The van der Waals surface area contributed by atoms with Gasteiger partial charge in [-0.3, -0.25) is 9.59 Å². The predicted octanol–water partition coefficient (Wildman–Crippen LogP) is 2.18. The van der Waals surface area contributed by atoms with Crippen LogP contribution in [-0.2, 0) is 9.59 Å². The first kappa shape index (κ1) is 13.4. The van der Waals surface area contributed by atoms with Gasteiger partial charge in [-0.1, -0.05) is 26.2 Å². The zero-order chi connectivity index (χ0) is 13.1. The summed E-state index contributed by atoms with van der Waals surface area (Å²) in [5, 5.41) is 12.2. The smallest absolute Gasteiger partial charge is 0.307 e. The Bertz CT molecular complexity index is 329. The fourth-order valence-corrected chi connectivity index (χ4v) is 3.44. The average molecular weight is 253 g/mol. The molecule has 0 heterocycles. The fraction of sp³-hybridized carbons (Fsp3) is 0.857. The minimum absolute atomic E-state index is 0.0287. The van der Waals surface area contributed by atoms with Gasteiger partial charge in [0.15, 0.2) is 0 Å². The van der Waals surface area contributed by atoms with E-state index in [4.69, 9.17) is 5.11 Å². The first-order valence-electron chi connectivity index (χ1n) is 7.11. The maximum Gasteiger partial charge on any atom is 0.307 e. The Labute approximate surface area is 108 Å². The van der Waals surface area contributed by atoms with Crippen LogP contribution in [0.4, 0.5) is 0 Å². The average Bonchev–Trinajstić information content (AvgIpc) is 2.77. The Morgan fingerprint density at radius 2 is 1.72 bits per heavy atom. The molecule has 18 heavy (non-hydrogen) atoms. The second-order valence-corrected chi connectivity index (χ2v) is 5.96. The van der Waals surface area contributed by atoms with E-state index in [1.807, 2.05) is 0 Å². The maximum atomic E-state index is 12.2. The predicted molar refractivity (Wildman–Crippen MR) is 68.0 cm³/mol. The molecule has 0 aromatic heterocycles. The van der Waals surface area contributed by atoms with Crippen LogP contribution in [0.25, 0.3) is 0 Å². The summed E-state index contributed by atoms with van der Waals surface area (Å²) in [6.07, 6.45) is 6.72. The van der Waals surface area contributed by atoms with E-state index in [0.29, 0.717) is 12.3 Å². The van der Waals surface area contributed by atoms with Crippen LogP contribution >= 0.6 is 0 Å². The van der Waals surface area contributed by atoms with Crippen molar-refractivity contribution in [2.45, 2.75) is 57.9 Å². The van der Waals surface area contributed by atoms with E-state index in [0.717, 1.165) is 25.7 Å². The van der Waals surface area contributed by atoms with E-state index in [9.17, 15) is 9.59 Å². The highest BCUT2D eigenvalue weighted by molar-refractivity contribution is 5.85. The summed E-state index contributed by atoms with van der Waals surface area (Å²) in [6, 6.07) is 0.260. The minimum Gasteiger partial charge on any atom is -0.481 e. The molecule has 2 unspecified atom stereocenters. The molecular formula is C14H23NO3. The number of amides is 1. The maximum absolute atomic E-state index is 12.2. The van der Waals surface area contributed by atoms with Crippen LogP contribution in [0.2, 0.25) is 0 Å². The van der Waals surface area contributed by atoms with E-state index in [2.05, 4.69) is 12.2 Å². The Kier molecular flexibility index (Phi) is 4.25. The molecule has 1 amide bonds. The van der Waals surface area contributed by atoms with Crippen molar-refractivity contribution in [2.24, 2.45) is 17.8 Å². The standard InChI is InChI=1S/C14H23NO3/c1-9-4-2-5-10(8-9)15-13(16)11-6-3-7-12(11)14(17)18/h9-12H,2-8H2,1H3,(H,15,16)(H,17,18)/t9?,10?,11-,12+/m1/s1. The van der Waals surface area contributed by atoms with Crippen molar-refractivity contribution in [2.75, 3.05) is 0 Å². The highest BCUT2D eigenvalue weighted by Gasteiger charge is 2.38. The molecule has 0 aliphatic heterocycles. The third kappa shape index (κ3) is 3.03. The molecule has 0 aromatic carbocycles. The first-order chi connectivity index (χ1) is 8.58. The van der Waals surface area contributed by atoms with Crippen molar-refractivity contribution in [1.29, 1.82) is 0 Å². The van der Waals surface area contributed by atoms with Crippen LogP contribution < -0.4 is 5.32 Å². The normalized spacial score (nSPS) is 36.3. The molecule has 2 aliphatic rings. The Morgan fingerprint density at radius 3 is 2.39 bits per heavy atom. The molecule has 0 saturated heterocycles. The van der Waals surface area contributed by atoms with Crippen molar-refractivity contribution < 1.29 is 14.7 Å². The molecule has 102 valence electrons. The largest absolute Gasteiger partial charge is 0.481 e. The van der Waals surface area contributed by atoms with Gasteiger partial charge in [0.2, 0.25) is 5.91 Å². The second kappa shape index (κ2) is 5.72. The molecular weight excluding hydrogens is 230 g/mol. The lowest BCUT2D eigenvalue weighted by Gasteiger charge is -2.29. The molecule has 0 spiro atoms. The summed E-state index contributed by atoms with van der Waals surface area (Å²) in [4.78, 5) is 23.2. The van der Waals surface area contributed by atoms with Gasteiger partial charge in [0.1, 0.15) is 0 Å². The molecule has 0 bridgehead atoms. The van der Waals surface area contributed by atoms with Gasteiger partial charge in [-0.25, -0.2) is 0 Å². The molecule has 2 N–H and O–H groups in total. The minimum atomic E-state index is -0.815. The van der Waals surface area contributed by atoms with Gasteiger partial charge in [-0.15, -0.1) is 0 Å². The fourth-order valence-electron chi connectivity index (χ4n) is 3.44.